The number of anilines is 1. The van der Waals surface area contributed by atoms with Gasteiger partial charge >= 0.3 is 6.09 Å². The first-order chi connectivity index (χ1) is 10.7. The Bertz CT molecular complexity index is 509. The van der Waals surface area contributed by atoms with Gasteiger partial charge in [0.05, 0.1) is 13.2 Å². The van der Waals surface area contributed by atoms with Crippen LogP contribution in [-0.2, 0) is 9.47 Å². The molecule has 5 heteroatoms. The molecule has 2 N–H and O–H groups in total. The molecule has 22 heavy (non-hydrogen) atoms. The second-order valence-electron chi connectivity index (χ2n) is 6.27. The molecule has 5 nitrogen and oxygen atoms in total. The summed E-state index contributed by atoms with van der Waals surface area (Å²) in [7, 11) is 1.61. The van der Waals surface area contributed by atoms with Crippen molar-refractivity contribution in [2.24, 2.45) is 5.73 Å². The molecule has 1 atom stereocenters. The van der Waals surface area contributed by atoms with Crippen molar-refractivity contribution in [2.75, 3.05) is 25.2 Å². The number of rotatable bonds is 4. The topological polar surface area (TPSA) is 64.8 Å². The molecule has 1 aromatic rings. The van der Waals surface area contributed by atoms with Crippen molar-refractivity contribution in [3.05, 3.63) is 29.8 Å². The van der Waals surface area contributed by atoms with Crippen LogP contribution in [0.3, 0.4) is 0 Å². The van der Waals surface area contributed by atoms with Crippen LogP contribution in [0.1, 0.15) is 37.2 Å². The average molecular weight is 304 g/mol. The van der Waals surface area contributed by atoms with Gasteiger partial charge in [-0.25, -0.2) is 4.79 Å². The summed E-state index contributed by atoms with van der Waals surface area (Å²) in [5, 5.41) is 0. The van der Waals surface area contributed by atoms with Crippen LogP contribution in [0, 0.1) is 0 Å². The Hall–Kier alpha value is -1.59. The van der Waals surface area contributed by atoms with E-state index >= 15 is 0 Å². The average Bonchev–Trinajstić information content (AvgIpc) is 2.89. The van der Waals surface area contributed by atoms with Crippen molar-refractivity contribution < 1.29 is 14.3 Å². The SMILES string of the molecule is COC[C@@H]1CN(c2ccc(C3CCC(N)CC3)cc2)C(=O)O1. The van der Waals surface area contributed by atoms with E-state index in [1.807, 2.05) is 12.1 Å². The predicted octanol–water partition coefficient (Wildman–Crippen LogP) is 2.64. The van der Waals surface area contributed by atoms with E-state index in [1.54, 1.807) is 12.0 Å². The Balaban J connectivity index is 1.65. The largest absolute Gasteiger partial charge is 0.441 e. The third kappa shape index (κ3) is 3.25. The molecule has 1 aliphatic heterocycles. The molecule has 1 amide bonds. The van der Waals surface area contributed by atoms with Crippen LogP contribution in [0.4, 0.5) is 10.5 Å². The Labute approximate surface area is 131 Å². The van der Waals surface area contributed by atoms with Crippen molar-refractivity contribution in [2.45, 2.75) is 43.7 Å². The third-order valence-corrected chi connectivity index (χ3v) is 4.67. The molecule has 3 rings (SSSR count). The van der Waals surface area contributed by atoms with Gasteiger partial charge in [-0.2, -0.15) is 0 Å². The molecule has 0 radical (unpaired) electrons. The molecule has 0 spiro atoms. The first kappa shape index (κ1) is 15.3. The van der Waals surface area contributed by atoms with E-state index in [9.17, 15) is 4.79 Å². The van der Waals surface area contributed by atoms with Crippen molar-refractivity contribution >= 4 is 11.8 Å². The zero-order chi connectivity index (χ0) is 15.5. The fraction of sp³-hybridized carbons (Fsp3) is 0.588. The number of amides is 1. The fourth-order valence-electron chi connectivity index (χ4n) is 3.38. The number of hydrogen-bond donors (Lipinski definition) is 1. The smallest absolute Gasteiger partial charge is 0.414 e. The molecular formula is C17H24N2O3. The van der Waals surface area contributed by atoms with Gasteiger partial charge in [0.1, 0.15) is 6.10 Å². The summed E-state index contributed by atoms with van der Waals surface area (Å²) in [5.41, 5.74) is 8.20. The summed E-state index contributed by atoms with van der Waals surface area (Å²) in [6, 6.07) is 8.66. The normalized spacial score (nSPS) is 28.7. The molecule has 2 fully saturated rings. The van der Waals surface area contributed by atoms with Crippen LogP contribution in [0.25, 0.3) is 0 Å². The Kier molecular flexibility index (Phi) is 4.64. The van der Waals surface area contributed by atoms with Gasteiger partial charge in [-0.05, 0) is 49.3 Å². The number of nitrogens with two attached hydrogens (primary N) is 1. The number of benzene rings is 1. The molecule has 1 saturated carbocycles. The van der Waals surface area contributed by atoms with Crippen molar-refractivity contribution in [3.63, 3.8) is 0 Å². The summed E-state index contributed by atoms with van der Waals surface area (Å²) in [6.45, 7) is 0.979. The summed E-state index contributed by atoms with van der Waals surface area (Å²) < 4.78 is 10.3. The van der Waals surface area contributed by atoms with Gasteiger partial charge in [-0.3, -0.25) is 4.90 Å². The van der Waals surface area contributed by atoms with E-state index in [1.165, 1.54) is 5.56 Å². The number of hydrogen-bond acceptors (Lipinski definition) is 4. The van der Waals surface area contributed by atoms with Gasteiger partial charge in [0.2, 0.25) is 0 Å². The number of carbonyl (C=O) groups excluding carboxylic acids is 1. The molecule has 120 valence electrons. The van der Waals surface area contributed by atoms with E-state index in [-0.39, 0.29) is 12.2 Å². The molecule has 1 heterocycles. The number of nitrogens with zero attached hydrogens (tertiary/aromatic N) is 1. The minimum atomic E-state index is -0.293. The maximum absolute atomic E-state index is 11.9. The summed E-state index contributed by atoms with van der Waals surface area (Å²) in [5.74, 6) is 0.598. The standard InChI is InChI=1S/C17H24N2O3/c1-21-11-16-10-19(17(20)22-16)15-8-4-13(5-9-15)12-2-6-14(18)7-3-12/h4-5,8-9,12,14,16H,2-3,6-7,10-11,18H2,1H3/t12?,14?,16-/m0/s1. The van der Waals surface area contributed by atoms with E-state index in [0.717, 1.165) is 31.4 Å². The lowest BCUT2D eigenvalue weighted by Gasteiger charge is -2.26. The summed E-state index contributed by atoms with van der Waals surface area (Å²) >= 11 is 0. The molecule has 1 aliphatic carbocycles. The van der Waals surface area contributed by atoms with Crippen LogP contribution in [0.15, 0.2) is 24.3 Å². The number of carbonyl (C=O) groups is 1. The first-order valence-electron chi connectivity index (χ1n) is 8.00. The Morgan fingerprint density at radius 1 is 1.23 bits per heavy atom. The van der Waals surface area contributed by atoms with E-state index in [2.05, 4.69) is 12.1 Å². The van der Waals surface area contributed by atoms with Gasteiger partial charge in [0, 0.05) is 18.8 Å². The van der Waals surface area contributed by atoms with Crippen molar-refractivity contribution in [1.82, 2.24) is 0 Å². The summed E-state index contributed by atoms with van der Waals surface area (Å²) in [4.78, 5) is 13.6. The van der Waals surface area contributed by atoms with Crippen LogP contribution < -0.4 is 10.6 Å². The minimum absolute atomic E-state index is 0.183. The quantitative estimate of drug-likeness (QED) is 0.928. The van der Waals surface area contributed by atoms with E-state index < -0.39 is 0 Å². The lowest BCUT2D eigenvalue weighted by Crippen LogP contribution is -2.26. The zero-order valence-electron chi connectivity index (χ0n) is 13.0. The first-order valence-corrected chi connectivity index (χ1v) is 8.00. The molecule has 1 aromatic carbocycles. The lowest BCUT2D eigenvalue weighted by atomic mass is 9.82. The Morgan fingerprint density at radius 2 is 1.91 bits per heavy atom. The van der Waals surface area contributed by atoms with Crippen molar-refractivity contribution in [3.8, 4) is 0 Å². The zero-order valence-corrected chi connectivity index (χ0v) is 13.0. The highest BCUT2D eigenvalue weighted by atomic mass is 16.6. The highest BCUT2D eigenvalue weighted by molar-refractivity contribution is 5.89. The number of cyclic esters (lactones) is 1. The maximum atomic E-state index is 11.9. The molecule has 0 aromatic heterocycles. The van der Waals surface area contributed by atoms with Gasteiger partial charge < -0.3 is 15.2 Å². The minimum Gasteiger partial charge on any atom is -0.441 e. The highest BCUT2D eigenvalue weighted by Gasteiger charge is 2.32. The number of methoxy groups -OCH3 is 1. The van der Waals surface area contributed by atoms with Crippen LogP contribution in [0.2, 0.25) is 0 Å². The Morgan fingerprint density at radius 3 is 2.55 bits per heavy atom. The second-order valence-corrected chi connectivity index (χ2v) is 6.27. The monoisotopic (exact) mass is 304 g/mol. The van der Waals surface area contributed by atoms with Gasteiger partial charge in [-0.15, -0.1) is 0 Å². The highest BCUT2D eigenvalue weighted by Crippen LogP contribution is 2.33. The van der Waals surface area contributed by atoms with Gasteiger partial charge in [0.25, 0.3) is 0 Å². The predicted molar refractivity (Wildman–Crippen MR) is 85.1 cm³/mol. The fourth-order valence-corrected chi connectivity index (χ4v) is 3.38. The number of ether oxygens (including phenoxy) is 2. The van der Waals surface area contributed by atoms with Gasteiger partial charge in [-0.1, -0.05) is 12.1 Å². The molecular weight excluding hydrogens is 280 g/mol. The third-order valence-electron chi connectivity index (χ3n) is 4.67. The second kappa shape index (κ2) is 6.67. The van der Waals surface area contributed by atoms with E-state index in [4.69, 9.17) is 15.2 Å². The van der Waals surface area contributed by atoms with Crippen LogP contribution >= 0.6 is 0 Å². The van der Waals surface area contributed by atoms with Crippen molar-refractivity contribution in [1.29, 1.82) is 0 Å². The molecule has 0 bridgehead atoms. The maximum Gasteiger partial charge on any atom is 0.414 e. The van der Waals surface area contributed by atoms with Crippen LogP contribution in [0.5, 0.6) is 0 Å². The lowest BCUT2D eigenvalue weighted by molar-refractivity contribution is 0.0718. The molecule has 0 unspecified atom stereocenters. The van der Waals surface area contributed by atoms with Crippen LogP contribution in [-0.4, -0.2) is 38.5 Å². The van der Waals surface area contributed by atoms with Gasteiger partial charge in [0.15, 0.2) is 0 Å². The summed E-state index contributed by atoms with van der Waals surface area (Å²) in [6.07, 6.45) is 4.03. The molecule has 1 saturated heterocycles. The van der Waals surface area contributed by atoms with E-state index in [0.29, 0.717) is 25.1 Å². The molecule has 2 aliphatic rings.